The molecule has 0 unspecified atom stereocenters. The predicted octanol–water partition coefficient (Wildman–Crippen LogP) is -3.57. The van der Waals surface area contributed by atoms with Crippen LogP contribution in [0.15, 0.2) is 48.5 Å². The third-order valence-electron chi connectivity index (χ3n) is 11.8. The van der Waals surface area contributed by atoms with E-state index < -0.39 is 139 Å². The monoisotopic (exact) mass is 1090 g/mol. The van der Waals surface area contributed by atoms with Gasteiger partial charge in [-0.2, -0.15) is 25.3 Å². The second-order valence-corrected chi connectivity index (χ2v) is 18.3. The van der Waals surface area contributed by atoms with Crippen LogP contribution in [0.25, 0.3) is 0 Å². The first-order valence-corrected chi connectivity index (χ1v) is 25.2. The lowest BCUT2D eigenvalue weighted by molar-refractivity contribution is -0.143. The van der Waals surface area contributed by atoms with E-state index in [1.165, 1.54) is 36.4 Å². The fraction of sp³-hybridized carbons (Fsp3) is 0.511. The summed E-state index contributed by atoms with van der Waals surface area (Å²) in [4.78, 5) is 145. The zero-order chi connectivity index (χ0) is 55.8. The maximum absolute atomic E-state index is 14.2. The number of nitrogens with zero attached hydrogens (tertiary/aromatic N) is 1. The molecule has 0 saturated carbocycles. The molecule has 28 heteroatoms. The van der Waals surface area contributed by atoms with Crippen LogP contribution in [0.1, 0.15) is 68.9 Å². The molecule has 2 aromatic carbocycles. The zero-order valence-corrected chi connectivity index (χ0v) is 42.7. The molecule has 17 N–H and O–H groups in total. The van der Waals surface area contributed by atoms with E-state index in [1.807, 2.05) is 0 Å². The normalized spacial score (nSPS) is 15.8. The molecule has 1 aliphatic rings. The molecule has 26 nitrogen and oxygen atoms in total. The number of rotatable bonds is 32. The topological polar surface area (TPSA) is 434 Å². The van der Waals surface area contributed by atoms with Crippen LogP contribution in [-0.4, -0.2) is 170 Å². The van der Waals surface area contributed by atoms with Gasteiger partial charge >= 0.3 is 11.9 Å². The third kappa shape index (κ3) is 21.3. The van der Waals surface area contributed by atoms with E-state index in [1.54, 1.807) is 12.1 Å². The van der Waals surface area contributed by atoms with Crippen LogP contribution in [0.3, 0.4) is 0 Å². The van der Waals surface area contributed by atoms with Crippen LogP contribution in [-0.2, 0) is 65.6 Å². The van der Waals surface area contributed by atoms with Gasteiger partial charge in [-0.3, -0.25) is 47.9 Å². The fourth-order valence-corrected chi connectivity index (χ4v) is 8.19. The number of hydrogen-bond acceptors (Lipinski definition) is 17. The molecule has 8 atom stereocenters. The number of thiol groups is 2. The highest BCUT2D eigenvalue weighted by atomic mass is 32.1. The summed E-state index contributed by atoms with van der Waals surface area (Å²) in [6, 6.07) is 0.694. The minimum absolute atomic E-state index is 0.00537. The number of aliphatic carboxylic acids is 2. The number of aromatic hydroxyl groups is 2. The number of phenolic OH excluding ortho intramolecular Hbond substituents is 2. The number of unbranched alkanes of at least 4 members (excludes halogenated alkanes) is 1. The van der Waals surface area contributed by atoms with Gasteiger partial charge in [-0.05, 0) is 93.3 Å². The molecule has 0 bridgehead atoms. The van der Waals surface area contributed by atoms with Crippen LogP contribution < -0.4 is 54.4 Å². The molecule has 1 aliphatic heterocycles. The van der Waals surface area contributed by atoms with Gasteiger partial charge in [0.25, 0.3) is 0 Å². The summed E-state index contributed by atoms with van der Waals surface area (Å²) >= 11 is 8.30. The number of carboxylic acids is 2. The van der Waals surface area contributed by atoms with Crippen LogP contribution in [0, 0.1) is 0 Å². The minimum atomic E-state index is -1.53. The summed E-state index contributed by atoms with van der Waals surface area (Å²) < 4.78 is 0. The molecule has 0 radical (unpaired) electrons. The highest BCUT2D eigenvalue weighted by Gasteiger charge is 2.39. The molecule has 1 fully saturated rings. The number of carbonyl (C=O) groups is 11. The summed E-state index contributed by atoms with van der Waals surface area (Å²) in [5.74, 6) is -11.2. The van der Waals surface area contributed by atoms with E-state index in [-0.39, 0.29) is 74.6 Å². The Bertz CT molecular complexity index is 2330. The van der Waals surface area contributed by atoms with Crippen LogP contribution in [0.4, 0.5) is 0 Å². The average molecular weight is 1090 g/mol. The highest BCUT2D eigenvalue weighted by Crippen LogP contribution is 2.21. The van der Waals surface area contributed by atoms with Gasteiger partial charge in [0.15, 0.2) is 0 Å². The standard InChI is InChI=1S/C47H67N11O15S2/c48-18-2-1-4-30(53-43(68)34(23-74)56-40(65)29(49)20-25-6-10-27(59)11-7-25)41(66)54-32(15-17-39(63)64)46(71)58-19-3-5-36(58)45(70)51-22-38(62)52-31(14-16-37(50)61)42(67)57-35(24-75)44(69)55-33(47(72)73)21-26-8-12-28(60)13-9-26/h6-13,29-36,59-60,74-75H,1-5,14-24,48-49H2,(H2,50,61)(H,51,70)(H,52,62)(H,53,68)(H,54,66)(H,55,69)(H,56,65)(H,57,67)(H,63,64)(H,72,73)/t29-,30-,31-,32-,33-,34-,35-,36-/m0/s1. The lowest BCUT2D eigenvalue weighted by atomic mass is 10.0. The van der Waals surface area contributed by atoms with E-state index in [9.17, 15) is 73.2 Å². The molecule has 1 saturated heterocycles. The van der Waals surface area contributed by atoms with Crippen molar-refractivity contribution >= 4 is 90.4 Å². The number of benzene rings is 2. The molecule has 3 rings (SSSR count). The van der Waals surface area contributed by atoms with Gasteiger partial charge in [0.05, 0.1) is 12.6 Å². The Morgan fingerprint density at radius 2 is 1.09 bits per heavy atom. The number of nitrogens with one attached hydrogen (secondary N) is 7. The molecule has 0 aromatic heterocycles. The van der Waals surface area contributed by atoms with Crippen LogP contribution in [0.5, 0.6) is 11.5 Å². The molecule has 2 aromatic rings. The minimum Gasteiger partial charge on any atom is -0.508 e. The second-order valence-electron chi connectivity index (χ2n) is 17.6. The van der Waals surface area contributed by atoms with Gasteiger partial charge < -0.3 is 79.7 Å². The van der Waals surface area contributed by atoms with E-state index >= 15 is 0 Å². The van der Waals surface area contributed by atoms with Gasteiger partial charge in [-0.15, -0.1) is 0 Å². The lowest BCUT2D eigenvalue weighted by Crippen LogP contribution is -2.59. The van der Waals surface area contributed by atoms with E-state index in [2.05, 4.69) is 62.5 Å². The van der Waals surface area contributed by atoms with Crippen molar-refractivity contribution in [3.05, 3.63) is 59.7 Å². The Kier molecular flexibility index (Phi) is 26.1. The van der Waals surface area contributed by atoms with Crippen molar-refractivity contribution in [2.24, 2.45) is 17.2 Å². The van der Waals surface area contributed by atoms with Gasteiger partial charge in [0, 0.05) is 37.3 Å². The number of nitrogens with two attached hydrogens (primary N) is 3. The maximum atomic E-state index is 14.2. The molecule has 9 amide bonds. The fourth-order valence-electron chi connectivity index (χ4n) is 7.68. The van der Waals surface area contributed by atoms with Crippen LogP contribution >= 0.6 is 25.3 Å². The molecule has 1 heterocycles. The lowest BCUT2D eigenvalue weighted by Gasteiger charge is -2.30. The molecular formula is C47H67N11O15S2. The number of amides is 9. The SMILES string of the molecule is NCCCC[C@H](NC(=O)[C@H](CS)NC(=O)[C@@H](N)Cc1ccc(O)cc1)C(=O)N[C@@H](CCC(=O)O)C(=O)N1CCC[C@H]1C(=O)NCC(=O)N[C@@H](CCC(N)=O)C(=O)N[C@@H](CS)C(=O)N[C@@H](Cc1ccc(O)cc1)C(=O)O. The molecule has 412 valence electrons. The number of carbonyl (C=O) groups excluding carboxylic acids is 9. The smallest absolute Gasteiger partial charge is 0.326 e. The number of hydrogen-bond donors (Lipinski definition) is 16. The number of phenols is 2. The second kappa shape index (κ2) is 31.5. The average Bonchev–Trinajstić information content (AvgIpc) is 3.87. The van der Waals surface area contributed by atoms with Gasteiger partial charge in [0.2, 0.25) is 53.2 Å². The predicted molar refractivity (Wildman–Crippen MR) is 274 cm³/mol. The van der Waals surface area contributed by atoms with Crippen molar-refractivity contribution in [1.29, 1.82) is 0 Å². The largest absolute Gasteiger partial charge is 0.508 e. The Balaban J connectivity index is 1.69. The van der Waals surface area contributed by atoms with Crippen LogP contribution in [0.2, 0.25) is 0 Å². The molecule has 0 aliphatic carbocycles. The molecule has 0 spiro atoms. The van der Waals surface area contributed by atoms with Gasteiger partial charge in [0.1, 0.15) is 53.8 Å². The summed E-state index contributed by atoms with van der Waals surface area (Å²) in [6.07, 6.45) is -0.815. The number of likely N-dealkylation sites (tertiary alicyclic amines) is 1. The maximum Gasteiger partial charge on any atom is 0.326 e. The van der Waals surface area contributed by atoms with Gasteiger partial charge in [-0.1, -0.05) is 24.3 Å². The summed E-state index contributed by atoms with van der Waals surface area (Å²) in [5.41, 5.74) is 18.1. The summed E-state index contributed by atoms with van der Waals surface area (Å²) in [6.45, 7) is -0.550. The van der Waals surface area contributed by atoms with Crippen molar-refractivity contribution in [2.75, 3.05) is 31.1 Å². The number of carboxylic acid groups (broad SMARTS) is 2. The Hall–Kier alpha value is -7.17. The number of primary amides is 1. The first kappa shape index (κ1) is 62.1. The van der Waals surface area contributed by atoms with E-state index in [0.717, 1.165) is 4.90 Å². The third-order valence-corrected chi connectivity index (χ3v) is 12.5. The Morgan fingerprint density at radius 1 is 0.613 bits per heavy atom. The van der Waals surface area contributed by atoms with E-state index in [4.69, 9.17) is 17.2 Å². The first-order valence-electron chi connectivity index (χ1n) is 23.9. The molecule has 75 heavy (non-hydrogen) atoms. The van der Waals surface area contributed by atoms with Crippen molar-refractivity contribution < 1.29 is 73.2 Å². The van der Waals surface area contributed by atoms with Crippen molar-refractivity contribution in [1.82, 2.24) is 42.1 Å². The van der Waals surface area contributed by atoms with Gasteiger partial charge in [-0.25, -0.2) is 4.79 Å². The Labute approximate surface area is 442 Å². The Morgan fingerprint density at radius 3 is 1.61 bits per heavy atom. The van der Waals surface area contributed by atoms with Crippen molar-refractivity contribution in [2.45, 2.75) is 119 Å². The zero-order valence-electron chi connectivity index (χ0n) is 40.9. The van der Waals surface area contributed by atoms with E-state index in [0.29, 0.717) is 24.0 Å². The first-order chi connectivity index (χ1) is 35.6. The molecular weight excluding hydrogens is 1020 g/mol. The quantitative estimate of drug-likeness (QED) is 0.0249. The van der Waals surface area contributed by atoms with Crippen molar-refractivity contribution in [3.8, 4) is 11.5 Å². The highest BCUT2D eigenvalue weighted by molar-refractivity contribution is 7.80. The summed E-state index contributed by atoms with van der Waals surface area (Å²) in [7, 11) is 0. The van der Waals surface area contributed by atoms with Crippen molar-refractivity contribution in [3.63, 3.8) is 0 Å². The summed E-state index contributed by atoms with van der Waals surface area (Å²) in [5, 5.41) is 55.4.